The maximum Gasteiger partial charge on any atom is 0.0715 e. The van der Waals surface area contributed by atoms with Crippen molar-refractivity contribution in [2.24, 2.45) is 0 Å². The zero-order valence-electron chi connectivity index (χ0n) is 13.9. The van der Waals surface area contributed by atoms with E-state index in [2.05, 4.69) is 24.3 Å². The lowest BCUT2D eigenvalue weighted by Crippen LogP contribution is -1.92. The fourth-order valence-electron chi connectivity index (χ4n) is 2.96. The SMILES string of the molecule is Clc1cccc(Cl)c1-c1cc(-c2ccccc2)nc(-c2ccccc2)c1. The van der Waals surface area contributed by atoms with E-state index in [4.69, 9.17) is 28.2 Å². The minimum Gasteiger partial charge on any atom is -0.248 e. The number of pyridine rings is 1. The van der Waals surface area contributed by atoms with Gasteiger partial charge in [-0.05, 0) is 29.8 Å². The summed E-state index contributed by atoms with van der Waals surface area (Å²) in [5, 5.41) is 1.25. The number of halogens is 2. The van der Waals surface area contributed by atoms with Crippen LogP contribution in [-0.2, 0) is 0 Å². The molecule has 0 N–H and O–H groups in total. The highest BCUT2D eigenvalue weighted by atomic mass is 35.5. The Labute approximate surface area is 162 Å². The highest BCUT2D eigenvalue weighted by Crippen LogP contribution is 2.37. The molecular weight excluding hydrogens is 361 g/mol. The fraction of sp³-hybridized carbons (Fsp3) is 0. The van der Waals surface area contributed by atoms with E-state index in [1.807, 2.05) is 66.7 Å². The van der Waals surface area contributed by atoms with Gasteiger partial charge in [0.05, 0.1) is 11.4 Å². The lowest BCUT2D eigenvalue weighted by molar-refractivity contribution is 1.32. The van der Waals surface area contributed by atoms with E-state index in [1.54, 1.807) is 0 Å². The Morgan fingerprint density at radius 3 is 1.42 bits per heavy atom. The van der Waals surface area contributed by atoms with Gasteiger partial charge in [0.2, 0.25) is 0 Å². The van der Waals surface area contributed by atoms with E-state index in [-0.39, 0.29) is 0 Å². The second-order valence-corrected chi connectivity index (χ2v) is 6.77. The molecule has 0 saturated carbocycles. The summed E-state index contributed by atoms with van der Waals surface area (Å²) < 4.78 is 0. The summed E-state index contributed by atoms with van der Waals surface area (Å²) in [6.45, 7) is 0. The molecule has 4 aromatic rings. The molecule has 1 aromatic heterocycles. The predicted molar refractivity (Wildman–Crippen MR) is 111 cm³/mol. The van der Waals surface area contributed by atoms with Crippen molar-refractivity contribution < 1.29 is 0 Å². The first-order valence-corrected chi connectivity index (χ1v) is 9.05. The van der Waals surface area contributed by atoms with Gasteiger partial charge in [-0.3, -0.25) is 0 Å². The van der Waals surface area contributed by atoms with Crippen LogP contribution in [0.3, 0.4) is 0 Å². The number of hydrogen-bond donors (Lipinski definition) is 0. The van der Waals surface area contributed by atoms with Crippen LogP contribution in [0.2, 0.25) is 10.0 Å². The summed E-state index contributed by atoms with van der Waals surface area (Å²) in [5.74, 6) is 0. The van der Waals surface area contributed by atoms with Gasteiger partial charge in [0.25, 0.3) is 0 Å². The van der Waals surface area contributed by atoms with Crippen LogP contribution in [-0.4, -0.2) is 4.98 Å². The summed E-state index contributed by atoms with van der Waals surface area (Å²) in [6, 6.07) is 29.9. The van der Waals surface area contributed by atoms with E-state index in [9.17, 15) is 0 Å². The van der Waals surface area contributed by atoms with Crippen LogP contribution < -0.4 is 0 Å². The quantitative estimate of drug-likeness (QED) is 0.363. The van der Waals surface area contributed by atoms with Gasteiger partial charge in [-0.2, -0.15) is 0 Å². The Bertz CT molecular complexity index is 966. The predicted octanol–water partition coefficient (Wildman–Crippen LogP) is 7.39. The van der Waals surface area contributed by atoms with E-state index in [0.29, 0.717) is 10.0 Å². The van der Waals surface area contributed by atoms with Gasteiger partial charge in [0, 0.05) is 26.7 Å². The molecule has 1 nitrogen and oxygen atoms in total. The summed E-state index contributed by atoms with van der Waals surface area (Å²) in [4.78, 5) is 4.87. The fourth-order valence-corrected chi connectivity index (χ4v) is 3.58. The largest absolute Gasteiger partial charge is 0.248 e. The molecule has 0 atom stereocenters. The van der Waals surface area contributed by atoms with Crippen LogP contribution in [0.25, 0.3) is 33.6 Å². The maximum absolute atomic E-state index is 6.46. The number of aromatic nitrogens is 1. The molecular formula is C23H15Cl2N. The Balaban J connectivity index is 1.97. The van der Waals surface area contributed by atoms with Crippen LogP contribution in [0, 0.1) is 0 Å². The molecule has 1 heterocycles. The van der Waals surface area contributed by atoms with Crippen LogP contribution >= 0.6 is 23.2 Å². The summed E-state index contributed by atoms with van der Waals surface area (Å²) in [7, 11) is 0. The molecule has 0 saturated heterocycles. The normalized spacial score (nSPS) is 10.7. The van der Waals surface area contributed by atoms with E-state index < -0.39 is 0 Å². The van der Waals surface area contributed by atoms with Crippen molar-refractivity contribution in [3.8, 4) is 33.6 Å². The topological polar surface area (TPSA) is 12.9 Å². The summed E-state index contributed by atoms with van der Waals surface area (Å²) >= 11 is 12.9. The van der Waals surface area contributed by atoms with Crippen molar-refractivity contribution in [3.63, 3.8) is 0 Å². The lowest BCUT2D eigenvalue weighted by Gasteiger charge is -2.12. The molecule has 0 unspecified atom stereocenters. The van der Waals surface area contributed by atoms with Gasteiger partial charge in [-0.1, -0.05) is 89.9 Å². The molecule has 26 heavy (non-hydrogen) atoms. The molecule has 0 aliphatic carbocycles. The third-order valence-electron chi connectivity index (χ3n) is 4.22. The zero-order chi connectivity index (χ0) is 17.9. The van der Waals surface area contributed by atoms with Gasteiger partial charge in [0.15, 0.2) is 0 Å². The first-order valence-electron chi connectivity index (χ1n) is 8.30. The standard InChI is InChI=1S/C23H15Cl2N/c24-19-12-7-13-20(25)23(19)18-14-21(16-8-3-1-4-9-16)26-22(15-18)17-10-5-2-6-11-17/h1-15H. The van der Waals surface area contributed by atoms with Crippen LogP contribution in [0.1, 0.15) is 0 Å². The molecule has 0 amide bonds. The zero-order valence-corrected chi connectivity index (χ0v) is 15.4. The lowest BCUT2D eigenvalue weighted by atomic mass is 10.00. The molecule has 3 aromatic carbocycles. The minimum atomic E-state index is 0.627. The Kier molecular flexibility index (Phi) is 4.75. The molecule has 0 aliphatic rings. The van der Waals surface area contributed by atoms with Gasteiger partial charge in [0.1, 0.15) is 0 Å². The monoisotopic (exact) mass is 375 g/mol. The number of hydrogen-bond acceptors (Lipinski definition) is 1. The van der Waals surface area contributed by atoms with Crippen molar-refractivity contribution in [3.05, 3.63) is 101 Å². The second-order valence-electron chi connectivity index (χ2n) is 5.96. The van der Waals surface area contributed by atoms with Crippen LogP contribution in [0.5, 0.6) is 0 Å². The molecule has 0 spiro atoms. The molecule has 0 bridgehead atoms. The number of nitrogens with zero attached hydrogens (tertiary/aromatic N) is 1. The van der Waals surface area contributed by atoms with Crippen molar-refractivity contribution in [1.29, 1.82) is 0 Å². The highest BCUT2D eigenvalue weighted by Gasteiger charge is 2.13. The van der Waals surface area contributed by atoms with E-state index >= 15 is 0 Å². The Hall–Kier alpha value is -2.61. The number of rotatable bonds is 3. The number of benzene rings is 3. The van der Waals surface area contributed by atoms with E-state index in [0.717, 1.165) is 33.6 Å². The first kappa shape index (κ1) is 16.8. The van der Waals surface area contributed by atoms with Crippen LogP contribution in [0.4, 0.5) is 0 Å². The molecule has 0 aliphatic heterocycles. The van der Waals surface area contributed by atoms with Crippen molar-refractivity contribution in [1.82, 2.24) is 4.98 Å². The third-order valence-corrected chi connectivity index (χ3v) is 4.85. The van der Waals surface area contributed by atoms with Crippen LogP contribution in [0.15, 0.2) is 91.0 Å². The second kappa shape index (κ2) is 7.33. The molecule has 0 radical (unpaired) electrons. The summed E-state index contributed by atoms with van der Waals surface area (Å²) in [5.41, 5.74) is 5.65. The molecule has 3 heteroatoms. The Morgan fingerprint density at radius 1 is 0.500 bits per heavy atom. The third kappa shape index (κ3) is 3.37. The van der Waals surface area contributed by atoms with E-state index in [1.165, 1.54) is 0 Å². The van der Waals surface area contributed by atoms with Crippen molar-refractivity contribution in [2.75, 3.05) is 0 Å². The van der Waals surface area contributed by atoms with Crippen molar-refractivity contribution in [2.45, 2.75) is 0 Å². The first-order chi connectivity index (χ1) is 12.7. The highest BCUT2D eigenvalue weighted by molar-refractivity contribution is 6.39. The maximum atomic E-state index is 6.46. The molecule has 126 valence electrons. The molecule has 0 fully saturated rings. The van der Waals surface area contributed by atoms with Gasteiger partial charge in [-0.15, -0.1) is 0 Å². The Morgan fingerprint density at radius 2 is 0.962 bits per heavy atom. The van der Waals surface area contributed by atoms with Crippen molar-refractivity contribution >= 4 is 23.2 Å². The molecule has 4 rings (SSSR count). The average molecular weight is 376 g/mol. The average Bonchev–Trinajstić information content (AvgIpc) is 2.69. The van der Waals surface area contributed by atoms with Gasteiger partial charge < -0.3 is 0 Å². The minimum absolute atomic E-state index is 0.627. The smallest absolute Gasteiger partial charge is 0.0715 e. The van der Waals surface area contributed by atoms with Gasteiger partial charge in [-0.25, -0.2) is 4.98 Å². The summed E-state index contributed by atoms with van der Waals surface area (Å²) in [6.07, 6.45) is 0. The van der Waals surface area contributed by atoms with Gasteiger partial charge >= 0.3 is 0 Å².